The monoisotopic (exact) mass is 794 g/mol. The first-order chi connectivity index (χ1) is 26.4. The topological polar surface area (TPSA) is 122 Å². The second kappa shape index (κ2) is 21.4. The molecule has 0 heterocycles. The molecule has 6 aromatic carbocycles. The smallest absolute Gasteiger partial charge is 0.358 e. The Balaban J connectivity index is 0.000000204. The molecule has 55 heavy (non-hydrogen) atoms. The van der Waals surface area contributed by atoms with Crippen LogP contribution in [0.15, 0.2) is 190 Å². The minimum absolute atomic E-state index is 0.0932. The molecule has 0 aliphatic rings. The van der Waals surface area contributed by atoms with Crippen LogP contribution in [0.2, 0.25) is 0 Å². The summed E-state index contributed by atoms with van der Waals surface area (Å²) in [7, 11) is -2.41. The molecule has 0 atom stereocenters. The third kappa shape index (κ3) is 15.4. The van der Waals surface area contributed by atoms with Gasteiger partial charge in [-0.05, 0) is 60.4 Å². The van der Waals surface area contributed by atoms with Crippen LogP contribution >= 0.6 is 10.7 Å². The van der Waals surface area contributed by atoms with E-state index in [1.165, 1.54) is 24.3 Å². The summed E-state index contributed by atoms with van der Waals surface area (Å²) in [4.78, 5) is 0.236. The van der Waals surface area contributed by atoms with E-state index in [4.69, 9.17) is 20.2 Å². The Morgan fingerprint density at radius 2 is 0.800 bits per heavy atom. The molecule has 0 amide bonds. The summed E-state index contributed by atoms with van der Waals surface area (Å²) in [5.41, 5.74) is 7.82. The molecule has 0 fully saturated rings. The summed E-state index contributed by atoms with van der Waals surface area (Å²) in [6.07, 6.45) is 2.40. The molecule has 284 valence electrons. The van der Waals surface area contributed by atoms with Gasteiger partial charge in [0.25, 0.3) is 9.05 Å². The summed E-state index contributed by atoms with van der Waals surface area (Å²) in [5, 5.41) is 16.4. The van der Waals surface area contributed by atoms with E-state index in [-0.39, 0.29) is 9.79 Å². The Morgan fingerprint density at radius 1 is 0.491 bits per heavy atom. The van der Waals surface area contributed by atoms with Crippen molar-refractivity contribution >= 4 is 41.3 Å². The van der Waals surface area contributed by atoms with Crippen molar-refractivity contribution in [3.8, 4) is 0 Å². The van der Waals surface area contributed by atoms with Gasteiger partial charge in [-0.15, -0.1) is 0 Å². The van der Waals surface area contributed by atoms with Crippen LogP contribution in [0.25, 0.3) is 0 Å². The molecule has 0 unspecified atom stereocenters. The van der Waals surface area contributed by atoms with Crippen molar-refractivity contribution < 1.29 is 26.3 Å². The van der Waals surface area contributed by atoms with Crippen LogP contribution in [0.5, 0.6) is 0 Å². The molecule has 1 N–H and O–H groups in total. The molecule has 0 saturated carbocycles. The summed E-state index contributed by atoms with van der Waals surface area (Å²) in [6, 6.07) is 52.5. The molecule has 0 bridgehead atoms. The van der Waals surface area contributed by atoms with E-state index in [0.717, 1.165) is 39.1 Å². The van der Waals surface area contributed by atoms with E-state index in [1.807, 2.05) is 135 Å². The van der Waals surface area contributed by atoms with Gasteiger partial charge in [0.2, 0.25) is 0 Å². The highest BCUT2D eigenvalue weighted by Gasteiger charge is 2.16. The summed E-state index contributed by atoms with van der Waals surface area (Å²) < 4.78 is 51.3. The Bertz CT molecular complexity index is 2240. The predicted molar refractivity (Wildman–Crippen MR) is 221 cm³/mol. The molecule has 8 nitrogen and oxygen atoms in total. The van der Waals surface area contributed by atoms with Gasteiger partial charge in [-0.25, -0.2) is 8.42 Å². The average molecular weight is 795 g/mol. The number of hydrogen-bond acceptors (Lipinski definition) is 8. The van der Waals surface area contributed by atoms with Crippen molar-refractivity contribution in [2.24, 2.45) is 10.3 Å². The van der Waals surface area contributed by atoms with Gasteiger partial charge in [0.05, 0.1) is 16.3 Å². The quantitative estimate of drug-likeness (QED) is 0.0570. The maximum absolute atomic E-state index is 12.4. The van der Waals surface area contributed by atoms with E-state index in [2.05, 4.69) is 10.3 Å². The zero-order valence-corrected chi connectivity index (χ0v) is 33.0. The fourth-order valence-electron chi connectivity index (χ4n) is 5.14. The van der Waals surface area contributed by atoms with Gasteiger partial charge >= 0.3 is 10.1 Å². The molecule has 0 radical (unpaired) electrons. The molecule has 0 aromatic heterocycles. The van der Waals surface area contributed by atoms with Crippen LogP contribution < -0.4 is 0 Å². The fourth-order valence-corrected chi connectivity index (χ4v) is 6.67. The largest absolute Gasteiger partial charge is 0.411 e. The van der Waals surface area contributed by atoms with Gasteiger partial charge in [0.1, 0.15) is 4.90 Å². The van der Waals surface area contributed by atoms with Crippen molar-refractivity contribution in [2.45, 2.75) is 49.3 Å². The Kier molecular flexibility index (Phi) is 16.4. The molecule has 11 heteroatoms. The number of rotatable bonds is 12. The van der Waals surface area contributed by atoms with Gasteiger partial charge < -0.3 is 5.21 Å². The van der Waals surface area contributed by atoms with Crippen LogP contribution in [-0.2, 0) is 49.1 Å². The molecule has 0 aliphatic heterocycles. The molecule has 0 saturated heterocycles. The molecule has 0 spiro atoms. The molecular weight excluding hydrogens is 752 g/mol. The number of benzene rings is 6. The Morgan fingerprint density at radius 3 is 1.11 bits per heavy atom. The molecule has 0 aliphatic carbocycles. The SMILES string of the molecule is Cc1ccc(S(=O)(=O)Cl)cc1.Cc1ccc(S(=O)(=O)ON=C(Cc2ccccc2)Cc2ccccc2)cc1.ON=C(Cc1ccccc1)Cc1ccccc1. The lowest BCUT2D eigenvalue weighted by atomic mass is 10.0. The van der Waals surface area contributed by atoms with Gasteiger partial charge in [0, 0.05) is 36.4 Å². The maximum Gasteiger partial charge on any atom is 0.358 e. The zero-order chi connectivity index (χ0) is 39.5. The Labute approximate surface area is 329 Å². The molecule has 6 rings (SSSR count). The fraction of sp³-hybridized carbons (Fsp3) is 0.136. The minimum Gasteiger partial charge on any atom is -0.411 e. The van der Waals surface area contributed by atoms with Gasteiger partial charge in [-0.1, -0.05) is 167 Å². The summed E-state index contributed by atoms with van der Waals surface area (Å²) >= 11 is 0. The maximum atomic E-state index is 12.4. The standard InChI is InChI=1S/C22H21NO3S.C15H15NO.C7H7ClO2S/c1-18-12-14-22(15-13-18)27(24,25)26-23-21(16-19-8-4-2-5-9-19)17-20-10-6-3-7-11-20;17-16-15(11-13-7-3-1-4-8-13)12-14-9-5-2-6-10-14;1-6-2-4-7(5-3-6)11(8,9)10/h2-15H,16-17H2,1H3;1-10,17H,11-12H2;2-5H,1H3. The van der Waals surface area contributed by atoms with Crippen LogP contribution in [0.4, 0.5) is 0 Å². The third-order valence-electron chi connectivity index (χ3n) is 8.02. The van der Waals surface area contributed by atoms with E-state index >= 15 is 0 Å². The number of aryl methyl sites for hydroxylation is 2. The highest BCUT2D eigenvalue weighted by Crippen LogP contribution is 2.16. The van der Waals surface area contributed by atoms with Crippen LogP contribution in [0.3, 0.4) is 0 Å². The average Bonchev–Trinajstić information content (AvgIpc) is 3.19. The second-order valence-corrected chi connectivity index (χ2v) is 16.7. The van der Waals surface area contributed by atoms with Gasteiger partial charge in [-0.3, -0.25) is 4.28 Å². The van der Waals surface area contributed by atoms with E-state index in [0.29, 0.717) is 31.4 Å². The van der Waals surface area contributed by atoms with E-state index < -0.39 is 19.2 Å². The Hall–Kier alpha value is -5.55. The van der Waals surface area contributed by atoms with Crippen molar-refractivity contribution in [3.05, 3.63) is 203 Å². The highest BCUT2D eigenvalue weighted by atomic mass is 35.7. The summed E-state index contributed by atoms with van der Waals surface area (Å²) in [6.45, 7) is 3.78. The highest BCUT2D eigenvalue weighted by molar-refractivity contribution is 8.13. The second-order valence-electron chi connectivity index (χ2n) is 12.6. The van der Waals surface area contributed by atoms with Crippen molar-refractivity contribution in [3.63, 3.8) is 0 Å². The van der Waals surface area contributed by atoms with Gasteiger partial charge in [-0.2, -0.15) is 8.42 Å². The third-order valence-corrected chi connectivity index (χ3v) is 10.5. The molecule has 6 aromatic rings. The van der Waals surface area contributed by atoms with Crippen molar-refractivity contribution in [2.75, 3.05) is 0 Å². The lowest BCUT2D eigenvalue weighted by Crippen LogP contribution is -2.11. The molecular formula is C44H43ClN2O6S2. The van der Waals surface area contributed by atoms with Crippen LogP contribution in [0, 0.1) is 13.8 Å². The van der Waals surface area contributed by atoms with E-state index in [9.17, 15) is 16.8 Å². The van der Waals surface area contributed by atoms with Crippen molar-refractivity contribution in [1.82, 2.24) is 0 Å². The normalized spacial score (nSPS) is 10.7. The first kappa shape index (κ1) is 42.2. The first-order valence-electron chi connectivity index (χ1n) is 17.3. The van der Waals surface area contributed by atoms with Gasteiger partial charge in [0.15, 0.2) is 0 Å². The zero-order valence-electron chi connectivity index (χ0n) is 30.6. The predicted octanol–water partition coefficient (Wildman–Crippen LogP) is 9.77. The minimum atomic E-state index is -3.94. The number of oxime groups is 2. The lowest BCUT2D eigenvalue weighted by molar-refractivity contribution is 0.317. The van der Waals surface area contributed by atoms with Crippen LogP contribution in [-0.4, -0.2) is 33.5 Å². The first-order valence-corrected chi connectivity index (χ1v) is 21.1. The number of hydrogen-bond donors (Lipinski definition) is 1. The van der Waals surface area contributed by atoms with Crippen molar-refractivity contribution in [1.29, 1.82) is 0 Å². The number of halogens is 1. The number of nitrogens with zero attached hydrogens (tertiary/aromatic N) is 2. The lowest BCUT2D eigenvalue weighted by Gasteiger charge is -2.08. The summed E-state index contributed by atoms with van der Waals surface area (Å²) in [5.74, 6) is 0. The van der Waals surface area contributed by atoms with Crippen LogP contribution in [0.1, 0.15) is 33.4 Å². The van der Waals surface area contributed by atoms with E-state index in [1.54, 1.807) is 24.3 Å².